The quantitative estimate of drug-likeness (QED) is 0.726. The van der Waals surface area contributed by atoms with Crippen LogP contribution in [0.2, 0.25) is 0 Å². The molecule has 7 heteroatoms. The molecule has 0 saturated heterocycles. The molecule has 2 aromatic rings. The monoisotopic (exact) mass is 331 g/mol. The van der Waals surface area contributed by atoms with Gasteiger partial charge in [-0.25, -0.2) is 0 Å². The molecule has 3 N–H and O–H groups in total. The number of hydrogen-bond acceptors (Lipinski definition) is 4. The largest absolute Gasteiger partial charge is 0.506 e. The summed E-state index contributed by atoms with van der Waals surface area (Å²) in [4.78, 5) is 36.4. The standard InChI is InChI=1S/C17H21N3O4/c1-3-7-13(21)18-19-16(23)14-15(22)11-8-5-6-9-12(11)20(10-4-2)17(14)24/h5-6,8-9,22H,3-4,7,10H2,1-2H3,(H,18,21)(H,19,23). The van der Waals surface area contributed by atoms with Crippen molar-refractivity contribution in [2.45, 2.75) is 39.7 Å². The van der Waals surface area contributed by atoms with Crippen molar-refractivity contribution < 1.29 is 14.7 Å². The van der Waals surface area contributed by atoms with Crippen LogP contribution in [0.15, 0.2) is 29.1 Å². The third-order valence-electron chi connectivity index (χ3n) is 3.61. The van der Waals surface area contributed by atoms with Gasteiger partial charge >= 0.3 is 0 Å². The molecule has 0 aliphatic carbocycles. The van der Waals surface area contributed by atoms with Gasteiger partial charge in [-0.2, -0.15) is 0 Å². The van der Waals surface area contributed by atoms with Crippen molar-refractivity contribution in [3.8, 4) is 5.75 Å². The number of nitrogens with zero attached hydrogens (tertiary/aromatic N) is 1. The van der Waals surface area contributed by atoms with Gasteiger partial charge in [0.2, 0.25) is 5.91 Å². The van der Waals surface area contributed by atoms with Gasteiger partial charge in [-0.1, -0.05) is 26.0 Å². The first-order valence-corrected chi connectivity index (χ1v) is 7.94. The van der Waals surface area contributed by atoms with Gasteiger partial charge in [-0.15, -0.1) is 0 Å². The first kappa shape index (κ1) is 17.5. The summed E-state index contributed by atoms with van der Waals surface area (Å²) in [6.07, 6.45) is 1.58. The molecule has 0 radical (unpaired) electrons. The third-order valence-corrected chi connectivity index (χ3v) is 3.61. The number of hydrazine groups is 1. The number of hydrogen-bond donors (Lipinski definition) is 3. The maximum Gasteiger partial charge on any atom is 0.279 e. The molecule has 0 fully saturated rings. The molecule has 0 atom stereocenters. The lowest BCUT2D eigenvalue weighted by molar-refractivity contribution is -0.121. The highest BCUT2D eigenvalue weighted by atomic mass is 16.3. The van der Waals surface area contributed by atoms with Crippen molar-refractivity contribution in [2.75, 3.05) is 0 Å². The van der Waals surface area contributed by atoms with Gasteiger partial charge in [0.15, 0.2) is 0 Å². The van der Waals surface area contributed by atoms with Crippen molar-refractivity contribution in [2.24, 2.45) is 0 Å². The van der Waals surface area contributed by atoms with E-state index in [1.54, 1.807) is 24.3 Å². The molecule has 1 aromatic carbocycles. The molecule has 0 bridgehead atoms. The zero-order valence-corrected chi connectivity index (χ0v) is 13.8. The van der Waals surface area contributed by atoms with Gasteiger partial charge in [-0.05, 0) is 25.0 Å². The van der Waals surface area contributed by atoms with Gasteiger partial charge in [0.1, 0.15) is 11.3 Å². The maximum absolute atomic E-state index is 12.6. The minimum atomic E-state index is -0.836. The van der Waals surface area contributed by atoms with E-state index in [0.29, 0.717) is 30.3 Å². The summed E-state index contributed by atoms with van der Waals surface area (Å²) in [6.45, 7) is 4.17. The Morgan fingerprint density at radius 1 is 1.12 bits per heavy atom. The predicted octanol–water partition coefficient (Wildman–Crippen LogP) is 1.68. The summed E-state index contributed by atoms with van der Waals surface area (Å²) < 4.78 is 1.46. The number of aromatic nitrogens is 1. The van der Waals surface area contributed by atoms with Gasteiger partial charge < -0.3 is 9.67 Å². The van der Waals surface area contributed by atoms with Crippen molar-refractivity contribution in [1.29, 1.82) is 0 Å². The first-order chi connectivity index (χ1) is 11.5. The highest BCUT2D eigenvalue weighted by Crippen LogP contribution is 2.26. The smallest absolute Gasteiger partial charge is 0.279 e. The molecule has 0 aliphatic heterocycles. The van der Waals surface area contributed by atoms with Crippen LogP contribution >= 0.6 is 0 Å². The van der Waals surface area contributed by atoms with E-state index in [-0.39, 0.29) is 23.6 Å². The van der Waals surface area contributed by atoms with Crippen LogP contribution in [-0.2, 0) is 11.3 Å². The number of fused-ring (bicyclic) bond motifs is 1. The van der Waals surface area contributed by atoms with Gasteiger partial charge in [0.05, 0.1) is 5.52 Å². The summed E-state index contributed by atoms with van der Waals surface area (Å²) >= 11 is 0. The van der Waals surface area contributed by atoms with E-state index in [2.05, 4.69) is 10.9 Å². The third kappa shape index (κ3) is 3.40. The summed E-state index contributed by atoms with van der Waals surface area (Å²) in [5, 5.41) is 10.8. The van der Waals surface area contributed by atoms with Crippen molar-refractivity contribution in [3.63, 3.8) is 0 Å². The number of rotatable bonds is 5. The Kier molecular flexibility index (Phi) is 5.57. The van der Waals surface area contributed by atoms with Crippen LogP contribution in [0.3, 0.4) is 0 Å². The summed E-state index contributed by atoms with van der Waals surface area (Å²) in [6, 6.07) is 6.84. The van der Waals surface area contributed by atoms with Crippen molar-refractivity contribution in [3.05, 3.63) is 40.2 Å². The minimum absolute atomic E-state index is 0.254. The Morgan fingerprint density at radius 2 is 1.83 bits per heavy atom. The van der Waals surface area contributed by atoms with E-state index in [9.17, 15) is 19.5 Å². The summed E-state index contributed by atoms with van der Waals surface area (Å²) in [7, 11) is 0. The fourth-order valence-electron chi connectivity index (χ4n) is 2.52. The highest BCUT2D eigenvalue weighted by Gasteiger charge is 2.22. The molecule has 0 unspecified atom stereocenters. The lowest BCUT2D eigenvalue weighted by atomic mass is 10.1. The number of carbonyl (C=O) groups is 2. The van der Waals surface area contributed by atoms with Crippen LogP contribution in [0.5, 0.6) is 5.75 Å². The first-order valence-electron chi connectivity index (χ1n) is 7.94. The number of aromatic hydroxyl groups is 1. The van der Waals surface area contributed by atoms with E-state index in [1.807, 2.05) is 13.8 Å². The number of benzene rings is 1. The Morgan fingerprint density at radius 3 is 2.50 bits per heavy atom. The molecule has 0 aliphatic rings. The molecule has 2 rings (SSSR count). The zero-order chi connectivity index (χ0) is 17.7. The van der Waals surface area contributed by atoms with E-state index >= 15 is 0 Å². The molecule has 1 heterocycles. The predicted molar refractivity (Wildman–Crippen MR) is 90.7 cm³/mol. The number of pyridine rings is 1. The Labute approximate surface area is 139 Å². The molecule has 2 amide bonds. The average molecular weight is 331 g/mol. The number of carbonyl (C=O) groups excluding carboxylic acids is 2. The molecule has 1 aromatic heterocycles. The minimum Gasteiger partial charge on any atom is -0.506 e. The van der Waals surface area contributed by atoms with Gasteiger partial charge in [-0.3, -0.25) is 25.2 Å². The topological polar surface area (TPSA) is 100 Å². The maximum atomic E-state index is 12.6. The number of para-hydroxylation sites is 1. The Bertz CT molecular complexity index is 826. The molecule has 0 spiro atoms. The van der Waals surface area contributed by atoms with Crippen molar-refractivity contribution in [1.82, 2.24) is 15.4 Å². The van der Waals surface area contributed by atoms with Crippen LogP contribution < -0.4 is 16.4 Å². The summed E-state index contributed by atoms with van der Waals surface area (Å²) in [5.74, 6) is -1.58. The number of amides is 2. The van der Waals surface area contributed by atoms with Crippen LogP contribution in [0.25, 0.3) is 10.9 Å². The molecule has 0 saturated carbocycles. The lowest BCUT2D eigenvalue weighted by Gasteiger charge is -2.14. The normalized spacial score (nSPS) is 10.6. The van der Waals surface area contributed by atoms with Crippen LogP contribution in [0.4, 0.5) is 0 Å². The molecule has 7 nitrogen and oxygen atoms in total. The SMILES string of the molecule is CCCC(=O)NNC(=O)c1c(O)c2ccccc2n(CCC)c1=O. The fraction of sp³-hybridized carbons (Fsp3) is 0.353. The molecule has 24 heavy (non-hydrogen) atoms. The van der Waals surface area contributed by atoms with E-state index < -0.39 is 11.5 Å². The molecular formula is C17H21N3O4. The fourth-order valence-corrected chi connectivity index (χ4v) is 2.52. The van der Waals surface area contributed by atoms with E-state index in [4.69, 9.17) is 0 Å². The average Bonchev–Trinajstić information content (AvgIpc) is 2.57. The summed E-state index contributed by atoms with van der Waals surface area (Å²) in [5.41, 5.74) is 4.03. The number of nitrogens with one attached hydrogen (secondary N) is 2. The van der Waals surface area contributed by atoms with Gasteiger partial charge in [0, 0.05) is 18.4 Å². The second-order valence-electron chi connectivity index (χ2n) is 5.45. The van der Waals surface area contributed by atoms with Gasteiger partial charge in [0.25, 0.3) is 11.5 Å². The number of aryl methyl sites for hydroxylation is 1. The molecule has 128 valence electrons. The second kappa shape index (κ2) is 7.63. The van der Waals surface area contributed by atoms with Crippen LogP contribution in [0, 0.1) is 0 Å². The highest BCUT2D eigenvalue weighted by molar-refractivity contribution is 6.02. The Hall–Kier alpha value is -2.83. The van der Waals surface area contributed by atoms with Crippen molar-refractivity contribution >= 4 is 22.7 Å². The molecular weight excluding hydrogens is 310 g/mol. The van der Waals surface area contributed by atoms with E-state index in [0.717, 1.165) is 0 Å². The zero-order valence-electron chi connectivity index (χ0n) is 13.8. The van der Waals surface area contributed by atoms with Crippen LogP contribution in [0.1, 0.15) is 43.5 Å². The second-order valence-corrected chi connectivity index (χ2v) is 5.45. The Balaban J connectivity index is 2.48. The van der Waals surface area contributed by atoms with Crippen LogP contribution in [-0.4, -0.2) is 21.5 Å². The lowest BCUT2D eigenvalue weighted by Crippen LogP contribution is -2.44. The van der Waals surface area contributed by atoms with E-state index in [1.165, 1.54) is 4.57 Å².